The molecule has 1 aliphatic rings. The van der Waals surface area contributed by atoms with E-state index in [9.17, 15) is 4.79 Å². The number of pyridine rings is 1. The topological polar surface area (TPSA) is 120 Å². The van der Waals surface area contributed by atoms with Gasteiger partial charge in [-0.1, -0.05) is 26.0 Å². The van der Waals surface area contributed by atoms with E-state index in [0.717, 1.165) is 37.3 Å². The standard InChI is InChI=1S/C25H33N9O/c1-16(2)15-34(4)25-32-23(28-19-10-12-26-14-19)31-24(33-25)29-20-13-18(9-8-17(20)3)22(35)30-21-7-5-6-11-27-21/h5-9,11,13,16,19,26H,10,12,14-15H2,1-4H3,(H,27,30,35)(H2,28,29,31,32,33)/t19-/m1/s1. The first-order valence-electron chi connectivity index (χ1n) is 11.9. The van der Waals surface area contributed by atoms with Crippen LogP contribution in [0.1, 0.15) is 36.2 Å². The summed E-state index contributed by atoms with van der Waals surface area (Å²) in [5, 5.41) is 12.9. The zero-order chi connectivity index (χ0) is 24.8. The smallest absolute Gasteiger partial charge is 0.256 e. The van der Waals surface area contributed by atoms with E-state index in [-0.39, 0.29) is 11.9 Å². The van der Waals surface area contributed by atoms with Gasteiger partial charge in [-0.05, 0) is 55.6 Å². The quantitative estimate of drug-likeness (QED) is 0.369. The Morgan fingerprint density at radius 2 is 2.00 bits per heavy atom. The molecule has 10 heteroatoms. The first-order valence-corrected chi connectivity index (χ1v) is 11.9. The summed E-state index contributed by atoms with van der Waals surface area (Å²) in [6.45, 7) is 8.95. The lowest BCUT2D eigenvalue weighted by Crippen LogP contribution is -2.27. The number of nitrogens with one attached hydrogen (secondary N) is 4. The van der Waals surface area contributed by atoms with Crippen LogP contribution in [-0.2, 0) is 0 Å². The number of amides is 1. The van der Waals surface area contributed by atoms with Crippen molar-refractivity contribution in [2.24, 2.45) is 5.92 Å². The van der Waals surface area contributed by atoms with Crippen molar-refractivity contribution in [1.29, 1.82) is 0 Å². The van der Waals surface area contributed by atoms with Crippen LogP contribution in [0.4, 0.5) is 29.4 Å². The van der Waals surface area contributed by atoms with Gasteiger partial charge in [0, 0.05) is 43.6 Å². The van der Waals surface area contributed by atoms with Crippen molar-refractivity contribution in [1.82, 2.24) is 25.3 Å². The molecular weight excluding hydrogens is 442 g/mol. The molecule has 3 heterocycles. The third-order valence-corrected chi connectivity index (χ3v) is 5.65. The van der Waals surface area contributed by atoms with Crippen LogP contribution in [0.15, 0.2) is 42.6 Å². The minimum absolute atomic E-state index is 0.240. The van der Waals surface area contributed by atoms with Crippen LogP contribution in [-0.4, -0.2) is 58.6 Å². The number of aromatic nitrogens is 4. The van der Waals surface area contributed by atoms with E-state index >= 15 is 0 Å². The minimum Gasteiger partial charge on any atom is -0.350 e. The summed E-state index contributed by atoms with van der Waals surface area (Å²) in [5.74, 6) is 2.26. The molecule has 3 aromatic rings. The van der Waals surface area contributed by atoms with Crippen LogP contribution < -0.4 is 26.2 Å². The van der Waals surface area contributed by atoms with Crippen molar-refractivity contribution in [3.05, 3.63) is 53.7 Å². The van der Waals surface area contributed by atoms with Crippen molar-refractivity contribution in [2.45, 2.75) is 33.2 Å². The van der Waals surface area contributed by atoms with Crippen LogP contribution in [0.3, 0.4) is 0 Å². The van der Waals surface area contributed by atoms with E-state index in [1.54, 1.807) is 30.5 Å². The predicted molar refractivity (Wildman–Crippen MR) is 139 cm³/mol. The SMILES string of the molecule is Cc1ccc(C(=O)Nc2ccccn2)cc1Nc1nc(N[C@@H]2CCNC2)nc(N(C)CC(C)C)n1. The monoisotopic (exact) mass is 475 g/mol. The first-order chi connectivity index (χ1) is 16.9. The van der Waals surface area contributed by atoms with Gasteiger partial charge in [-0.2, -0.15) is 15.0 Å². The van der Waals surface area contributed by atoms with Gasteiger partial charge in [0.15, 0.2) is 0 Å². The zero-order valence-corrected chi connectivity index (χ0v) is 20.7. The lowest BCUT2D eigenvalue weighted by molar-refractivity contribution is 0.102. The summed E-state index contributed by atoms with van der Waals surface area (Å²) in [5.41, 5.74) is 2.22. The summed E-state index contributed by atoms with van der Waals surface area (Å²) in [6, 6.07) is 11.1. The maximum Gasteiger partial charge on any atom is 0.256 e. The Morgan fingerprint density at radius 1 is 1.17 bits per heavy atom. The summed E-state index contributed by atoms with van der Waals surface area (Å²) < 4.78 is 0. The molecule has 1 atom stereocenters. The van der Waals surface area contributed by atoms with Gasteiger partial charge in [0.25, 0.3) is 5.91 Å². The molecule has 2 aromatic heterocycles. The molecule has 1 saturated heterocycles. The molecule has 0 aliphatic carbocycles. The van der Waals surface area contributed by atoms with Crippen molar-refractivity contribution in [2.75, 3.05) is 47.5 Å². The Labute approximate surface area is 206 Å². The molecule has 1 fully saturated rings. The molecule has 35 heavy (non-hydrogen) atoms. The average Bonchev–Trinajstić information content (AvgIpc) is 3.33. The lowest BCUT2D eigenvalue weighted by Gasteiger charge is -2.21. The minimum atomic E-state index is -0.240. The average molecular weight is 476 g/mol. The molecule has 0 spiro atoms. The summed E-state index contributed by atoms with van der Waals surface area (Å²) in [6.07, 6.45) is 2.65. The van der Waals surface area contributed by atoms with Gasteiger partial charge < -0.3 is 26.2 Å². The second kappa shape index (κ2) is 11.1. The molecule has 0 radical (unpaired) electrons. The van der Waals surface area contributed by atoms with E-state index in [1.807, 2.05) is 31.0 Å². The fourth-order valence-corrected chi connectivity index (χ4v) is 3.89. The van der Waals surface area contributed by atoms with Crippen molar-refractivity contribution < 1.29 is 4.79 Å². The van der Waals surface area contributed by atoms with E-state index in [2.05, 4.69) is 55.1 Å². The van der Waals surface area contributed by atoms with Gasteiger partial charge >= 0.3 is 0 Å². The maximum atomic E-state index is 12.8. The van der Waals surface area contributed by atoms with Gasteiger partial charge in [-0.25, -0.2) is 4.98 Å². The Kier molecular flexibility index (Phi) is 7.71. The number of benzene rings is 1. The van der Waals surface area contributed by atoms with Crippen LogP contribution in [0.5, 0.6) is 0 Å². The molecule has 1 aliphatic heterocycles. The van der Waals surface area contributed by atoms with Crippen LogP contribution in [0, 0.1) is 12.8 Å². The fourth-order valence-electron chi connectivity index (χ4n) is 3.89. The first kappa shape index (κ1) is 24.3. The highest BCUT2D eigenvalue weighted by Crippen LogP contribution is 2.23. The molecular formula is C25H33N9O. The van der Waals surface area contributed by atoms with Crippen LogP contribution in [0.25, 0.3) is 0 Å². The Hall–Kier alpha value is -3.79. The van der Waals surface area contributed by atoms with Crippen molar-refractivity contribution >= 4 is 35.3 Å². The normalized spacial score (nSPS) is 15.2. The fraction of sp³-hybridized carbons (Fsp3) is 0.400. The largest absolute Gasteiger partial charge is 0.350 e. The highest BCUT2D eigenvalue weighted by molar-refractivity contribution is 6.04. The molecule has 184 valence electrons. The predicted octanol–water partition coefficient (Wildman–Crippen LogP) is 3.44. The number of hydrogen-bond acceptors (Lipinski definition) is 9. The highest BCUT2D eigenvalue weighted by atomic mass is 16.1. The van der Waals surface area contributed by atoms with Gasteiger partial charge in [-0.15, -0.1) is 0 Å². The summed E-state index contributed by atoms with van der Waals surface area (Å²) in [7, 11) is 1.98. The second-order valence-electron chi connectivity index (χ2n) is 9.21. The van der Waals surface area contributed by atoms with Crippen LogP contribution >= 0.6 is 0 Å². The second-order valence-corrected chi connectivity index (χ2v) is 9.21. The number of carbonyl (C=O) groups excluding carboxylic acids is 1. The molecule has 0 bridgehead atoms. The number of hydrogen-bond donors (Lipinski definition) is 4. The van der Waals surface area contributed by atoms with E-state index in [1.165, 1.54) is 0 Å². The van der Waals surface area contributed by atoms with Gasteiger partial charge in [0.05, 0.1) is 0 Å². The Morgan fingerprint density at radius 3 is 2.71 bits per heavy atom. The van der Waals surface area contributed by atoms with Crippen LogP contribution in [0.2, 0.25) is 0 Å². The number of nitrogens with zero attached hydrogens (tertiary/aromatic N) is 5. The van der Waals surface area contributed by atoms with Gasteiger partial charge in [0.1, 0.15) is 5.82 Å². The summed E-state index contributed by atoms with van der Waals surface area (Å²) in [4.78, 5) is 32.9. The van der Waals surface area contributed by atoms with Gasteiger partial charge in [-0.3, -0.25) is 4.79 Å². The van der Waals surface area contributed by atoms with E-state index < -0.39 is 0 Å². The zero-order valence-electron chi connectivity index (χ0n) is 20.7. The maximum absolute atomic E-state index is 12.8. The van der Waals surface area contributed by atoms with Gasteiger partial charge in [0.2, 0.25) is 17.8 Å². The molecule has 1 amide bonds. The third kappa shape index (κ3) is 6.63. The molecule has 1 aromatic carbocycles. The van der Waals surface area contributed by atoms with E-state index in [4.69, 9.17) is 0 Å². The molecule has 10 nitrogen and oxygen atoms in total. The van der Waals surface area contributed by atoms with Crippen molar-refractivity contribution in [3.8, 4) is 0 Å². The van der Waals surface area contributed by atoms with E-state index in [0.29, 0.717) is 35.1 Å². The third-order valence-electron chi connectivity index (χ3n) is 5.65. The highest BCUT2D eigenvalue weighted by Gasteiger charge is 2.18. The Balaban J connectivity index is 1.58. The lowest BCUT2D eigenvalue weighted by atomic mass is 10.1. The number of rotatable bonds is 9. The number of anilines is 5. The number of aryl methyl sites for hydroxylation is 1. The number of carbonyl (C=O) groups is 1. The molecule has 0 saturated carbocycles. The Bertz CT molecular complexity index is 1150. The molecule has 0 unspecified atom stereocenters. The molecule has 4 N–H and O–H groups in total. The van der Waals surface area contributed by atoms with Crippen molar-refractivity contribution in [3.63, 3.8) is 0 Å². The molecule has 4 rings (SSSR count). The summed E-state index contributed by atoms with van der Waals surface area (Å²) >= 11 is 0.